The lowest BCUT2D eigenvalue weighted by molar-refractivity contribution is -0.142. The van der Waals surface area contributed by atoms with Gasteiger partial charge in [-0.1, -0.05) is 25.9 Å². The van der Waals surface area contributed by atoms with Crippen molar-refractivity contribution in [2.24, 2.45) is 11.8 Å². The fourth-order valence-electron chi connectivity index (χ4n) is 3.16. The van der Waals surface area contributed by atoms with Gasteiger partial charge in [0.2, 0.25) is 5.89 Å². The van der Waals surface area contributed by atoms with Crippen molar-refractivity contribution in [1.29, 1.82) is 0 Å². The van der Waals surface area contributed by atoms with Crippen LogP contribution in [0.2, 0.25) is 0 Å². The van der Waals surface area contributed by atoms with Crippen LogP contribution in [0, 0.1) is 11.8 Å². The molecule has 118 valence electrons. The van der Waals surface area contributed by atoms with Crippen LogP contribution in [0.4, 0.5) is 0 Å². The summed E-state index contributed by atoms with van der Waals surface area (Å²) in [5, 5.41) is 13.3. The number of hydrogen-bond acceptors (Lipinski definition) is 5. The van der Waals surface area contributed by atoms with E-state index in [0.29, 0.717) is 24.1 Å². The second-order valence-electron chi connectivity index (χ2n) is 5.95. The number of aliphatic carboxylic acids is 1. The lowest BCUT2D eigenvalue weighted by Gasteiger charge is -2.16. The molecule has 1 N–H and O–H groups in total. The summed E-state index contributed by atoms with van der Waals surface area (Å²) in [6.45, 7) is 9.24. The second kappa shape index (κ2) is 7.02. The minimum absolute atomic E-state index is 0.132. The summed E-state index contributed by atoms with van der Waals surface area (Å²) >= 11 is 0. The van der Waals surface area contributed by atoms with Crippen LogP contribution in [0.3, 0.4) is 0 Å². The van der Waals surface area contributed by atoms with E-state index in [0.717, 1.165) is 32.5 Å². The van der Waals surface area contributed by atoms with Crippen LogP contribution in [0.15, 0.2) is 4.52 Å². The molecule has 0 bridgehead atoms. The van der Waals surface area contributed by atoms with Gasteiger partial charge in [0, 0.05) is 13.0 Å². The van der Waals surface area contributed by atoms with Gasteiger partial charge in [0.25, 0.3) is 0 Å². The van der Waals surface area contributed by atoms with Crippen molar-refractivity contribution in [3.05, 3.63) is 11.7 Å². The zero-order valence-corrected chi connectivity index (χ0v) is 13.1. The molecule has 2 rings (SSSR count). The van der Waals surface area contributed by atoms with E-state index in [1.54, 1.807) is 0 Å². The van der Waals surface area contributed by atoms with E-state index in [9.17, 15) is 9.90 Å². The summed E-state index contributed by atoms with van der Waals surface area (Å²) in [7, 11) is 0. The Morgan fingerprint density at radius 2 is 2.10 bits per heavy atom. The van der Waals surface area contributed by atoms with Gasteiger partial charge in [-0.2, -0.15) is 4.98 Å². The molecule has 6 heteroatoms. The molecule has 3 atom stereocenters. The quantitative estimate of drug-likeness (QED) is 0.830. The van der Waals surface area contributed by atoms with Gasteiger partial charge < -0.3 is 14.5 Å². The Kier molecular flexibility index (Phi) is 5.33. The van der Waals surface area contributed by atoms with Gasteiger partial charge in [-0.05, 0) is 31.8 Å². The molecular formula is C15H25N3O3. The Labute approximate surface area is 125 Å². The first kappa shape index (κ1) is 15.9. The first-order valence-electron chi connectivity index (χ1n) is 7.82. The zero-order valence-electron chi connectivity index (χ0n) is 13.1. The molecule has 0 amide bonds. The molecule has 6 nitrogen and oxygen atoms in total. The summed E-state index contributed by atoms with van der Waals surface area (Å²) in [6.07, 6.45) is 2.25. The average Bonchev–Trinajstić information content (AvgIpc) is 3.06. The van der Waals surface area contributed by atoms with Crippen LogP contribution >= 0.6 is 0 Å². The lowest BCUT2D eigenvalue weighted by Crippen LogP contribution is -2.25. The van der Waals surface area contributed by atoms with Crippen molar-refractivity contribution in [2.45, 2.75) is 46.0 Å². The van der Waals surface area contributed by atoms with Crippen molar-refractivity contribution in [3.8, 4) is 0 Å². The predicted molar refractivity (Wildman–Crippen MR) is 78.1 cm³/mol. The summed E-state index contributed by atoms with van der Waals surface area (Å²) in [5.74, 6) is 0.291. The molecule has 0 spiro atoms. The minimum Gasteiger partial charge on any atom is -0.481 e. The maximum atomic E-state index is 11.3. The number of likely N-dealkylation sites (N-methyl/N-ethyl adjacent to an activating group) is 1. The third-order valence-electron chi connectivity index (χ3n) is 4.46. The topological polar surface area (TPSA) is 79.5 Å². The number of aromatic nitrogens is 2. The smallest absolute Gasteiger partial charge is 0.307 e. The van der Waals surface area contributed by atoms with Crippen LogP contribution in [-0.4, -0.2) is 45.8 Å². The van der Waals surface area contributed by atoms with E-state index >= 15 is 0 Å². The highest BCUT2D eigenvalue weighted by molar-refractivity contribution is 5.71. The number of carbonyl (C=O) groups is 1. The van der Waals surface area contributed by atoms with Gasteiger partial charge >= 0.3 is 5.97 Å². The number of carboxylic acid groups (broad SMARTS) is 1. The maximum Gasteiger partial charge on any atom is 0.307 e. The molecule has 1 heterocycles. The number of rotatable bonds is 7. The van der Waals surface area contributed by atoms with E-state index in [2.05, 4.69) is 35.8 Å². The third-order valence-corrected chi connectivity index (χ3v) is 4.46. The van der Waals surface area contributed by atoms with Gasteiger partial charge in [-0.15, -0.1) is 0 Å². The maximum absolute atomic E-state index is 11.3. The number of nitrogens with zero attached hydrogens (tertiary/aromatic N) is 3. The molecule has 0 saturated heterocycles. The molecule has 21 heavy (non-hydrogen) atoms. The largest absolute Gasteiger partial charge is 0.481 e. The third kappa shape index (κ3) is 3.81. The van der Waals surface area contributed by atoms with Crippen molar-refractivity contribution in [1.82, 2.24) is 15.0 Å². The van der Waals surface area contributed by atoms with Crippen molar-refractivity contribution in [2.75, 3.05) is 19.6 Å². The second-order valence-corrected chi connectivity index (χ2v) is 5.95. The Bertz CT molecular complexity index is 470. The van der Waals surface area contributed by atoms with Crippen LogP contribution in [0.25, 0.3) is 0 Å². The van der Waals surface area contributed by atoms with Crippen molar-refractivity contribution in [3.63, 3.8) is 0 Å². The van der Waals surface area contributed by atoms with Crippen molar-refractivity contribution >= 4 is 5.97 Å². The molecule has 3 unspecified atom stereocenters. The van der Waals surface area contributed by atoms with Crippen LogP contribution < -0.4 is 0 Å². The molecule has 0 radical (unpaired) electrons. The zero-order chi connectivity index (χ0) is 15.4. The Morgan fingerprint density at radius 1 is 1.38 bits per heavy atom. The fourth-order valence-corrected chi connectivity index (χ4v) is 3.16. The van der Waals surface area contributed by atoms with Gasteiger partial charge in [0.15, 0.2) is 5.82 Å². The molecule has 1 fully saturated rings. The average molecular weight is 295 g/mol. The van der Waals surface area contributed by atoms with Crippen LogP contribution in [0.5, 0.6) is 0 Å². The van der Waals surface area contributed by atoms with E-state index in [-0.39, 0.29) is 5.92 Å². The Morgan fingerprint density at radius 3 is 2.71 bits per heavy atom. The van der Waals surface area contributed by atoms with Crippen LogP contribution in [0.1, 0.15) is 51.2 Å². The van der Waals surface area contributed by atoms with Gasteiger partial charge in [0.05, 0.1) is 11.8 Å². The van der Waals surface area contributed by atoms with E-state index < -0.39 is 11.9 Å². The highest BCUT2D eigenvalue weighted by Crippen LogP contribution is 2.42. The van der Waals surface area contributed by atoms with Crippen LogP contribution in [-0.2, 0) is 11.2 Å². The summed E-state index contributed by atoms with van der Waals surface area (Å²) in [4.78, 5) is 18.1. The predicted octanol–water partition coefficient (Wildman–Crippen LogP) is 2.17. The monoisotopic (exact) mass is 295 g/mol. The minimum atomic E-state index is -0.757. The molecule has 1 aromatic heterocycles. The molecule has 1 aliphatic rings. The van der Waals surface area contributed by atoms with E-state index in [4.69, 9.17) is 4.52 Å². The highest BCUT2D eigenvalue weighted by atomic mass is 16.5. The normalized spacial score (nSPS) is 25.6. The molecule has 1 saturated carbocycles. The molecule has 1 aromatic rings. The van der Waals surface area contributed by atoms with Gasteiger partial charge in [-0.3, -0.25) is 4.79 Å². The van der Waals surface area contributed by atoms with Gasteiger partial charge in [0.1, 0.15) is 0 Å². The Hall–Kier alpha value is -1.43. The first-order valence-corrected chi connectivity index (χ1v) is 7.82. The Balaban J connectivity index is 2.00. The van der Waals surface area contributed by atoms with E-state index in [1.807, 2.05) is 0 Å². The summed E-state index contributed by atoms with van der Waals surface area (Å²) in [6, 6.07) is 0. The molecule has 0 aromatic carbocycles. The summed E-state index contributed by atoms with van der Waals surface area (Å²) in [5.41, 5.74) is 0. The van der Waals surface area contributed by atoms with E-state index in [1.165, 1.54) is 0 Å². The highest BCUT2D eigenvalue weighted by Gasteiger charge is 2.41. The van der Waals surface area contributed by atoms with Crippen molar-refractivity contribution < 1.29 is 14.4 Å². The number of hydrogen-bond donors (Lipinski definition) is 1. The molecular weight excluding hydrogens is 270 g/mol. The first-order chi connectivity index (χ1) is 10.0. The number of carboxylic acids is 1. The molecule has 0 aliphatic heterocycles. The fraction of sp³-hybridized carbons (Fsp3) is 0.800. The standard InChI is InChI=1S/C15H25N3O3/c1-4-18(5-2)7-6-13-16-14(21-17-13)11-8-10(3)9-12(11)15(19)20/h10-12H,4-9H2,1-3H3,(H,19,20). The van der Waals surface area contributed by atoms with Gasteiger partial charge in [-0.25, -0.2) is 0 Å². The SMILES string of the molecule is CCN(CC)CCc1noc(C2CC(C)CC2C(=O)O)n1. The summed E-state index contributed by atoms with van der Waals surface area (Å²) < 4.78 is 5.33. The molecule has 1 aliphatic carbocycles. The lowest BCUT2D eigenvalue weighted by atomic mass is 9.96.